The van der Waals surface area contributed by atoms with Gasteiger partial charge < -0.3 is 10.5 Å². The molecule has 5 nitrogen and oxygen atoms in total. The fourth-order valence-electron chi connectivity index (χ4n) is 1.73. The molecule has 0 atom stereocenters. The summed E-state index contributed by atoms with van der Waals surface area (Å²) in [6.45, 7) is 0.250. The zero-order valence-corrected chi connectivity index (χ0v) is 10.6. The molecule has 0 saturated heterocycles. The third kappa shape index (κ3) is 3.30. The average molecular weight is 276 g/mol. The standard InChI is InChI=1S/C14H13FN2O3/c15-12-4-2-1-3-11(12)9-20-8-10-5-6-13(16)14(7-10)17(18)19/h1-7H,8-9,16H2. The van der Waals surface area contributed by atoms with Crippen LogP contribution in [0.5, 0.6) is 0 Å². The van der Waals surface area contributed by atoms with Crippen molar-refractivity contribution in [2.45, 2.75) is 13.2 Å². The molecule has 2 N–H and O–H groups in total. The van der Waals surface area contributed by atoms with E-state index in [0.717, 1.165) is 0 Å². The van der Waals surface area contributed by atoms with Gasteiger partial charge in [0.25, 0.3) is 5.69 Å². The molecule has 2 rings (SSSR count). The van der Waals surface area contributed by atoms with E-state index in [0.29, 0.717) is 11.1 Å². The molecule has 0 fully saturated rings. The molecule has 0 aromatic heterocycles. The van der Waals surface area contributed by atoms with Gasteiger partial charge in [0.2, 0.25) is 0 Å². The van der Waals surface area contributed by atoms with Gasteiger partial charge in [-0.25, -0.2) is 4.39 Å². The van der Waals surface area contributed by atoms with Crippen LogP contribution in [0.15, 0.2) is 42.5 Å². The molecular formula is C14H13FN2O3. The molecule has 0 heterocycles. The van der Waals surface area contributed by atoms with E-state index in [1.54, 1.807) is 24.3 Å². The molecule has 0 aliphatic heterocycles. The van der Waals surface area contributed by atoms with Crippen LogP contribution in [0.2, 0.25) is 0 Å². The Morgan fingerprint density at radius 1 is 1.20 bits per heavy atom. The Hall–Kier alpha value is -2.47. The highest BCUT2D eigenvalue weighted by Gasteiger charge is 2.11. The Balaban J connectivity index is 2.00. The third-order valence-corrected chi connectivity index (χ3v) is 2.78. The van der Waals surface area contributed by atoms with E-state index in [1.165, 1.54) is 18.2 Å². The van der Waals surface area contributed by atoms with Gasteiger partial charge in [-0.05, 0) is 17.7 Å². The lowest BCUT2D eigenvalue weighted by molar-refractivity contribution is -0.384. The number of nitro benzene ring substituents is 1. The lowest BCUT2D eigenvalue weighted by Gasteiger charge is -2.06. The Morgan fingerprint density at radius 3 is 2.65 bits per heavy atom. The molecule has 2 aromatic carbocycles. The van der Waals surface area contributed by atoms with E-state index in [-0.39, 0.29) is 30.4 Å². The summed E-state index contributed by atoms with van der Waals surface area (Å²) in [6, 6.07) is 10.8. The number of benzene rings is 2. The first-order valence-electron chi connectivity index (χ1n) is 5.92. The lowest BCUT2D eigenvalue weighted by Crippen LogP contribution is -2.00. The minimum Gasteiger partial charge on any atom is -0.393 e. The molecular weight excluding hydrogens is 263 g/mol. The van der Waals surface area contributed by atoms with Crippen LogP contribution >= 0.6 is 0 Å². The molecule has 2 aromatic rings. The van der Waals surface area contributed by atoms with Crippen LogP contribution < -0.4 is 5.73 Å². The molecule has 0 aliphatic carbocycles. The number of nitro groups is 1. The van der Waals surface area contributed by atoms with Gasteiger partial charge in [-0.1, -0.05) is 24.3 Å². The summed E-state index contributed by atoms with van der Waals surface area (Å²) in [7, 11) is 0. The van der Waals surface area contributed by atoms with Crippen molar-refractivity contribution in [3.63, 3.8) is 0 Å². The number of hydrogen-bond donors (Lipinski definition) is 1. The molecule has 20 heavy (non-hydrogen) atoms. The number of anilines is 1. The summed E-state index contributed by atoms with van der Waals surface area (Å²) in [6.07, 6.45) is 0. The third-order valence-electron chi connectivity index (χ3n) is 2.78. The van der Waals surface area contributed by atoms with Crippen LogP contribution in [-0.4, -0.2) is 4.92 Å². The summed E-state index contributed by atoms with van der Waals surface area (Å²) in [5, 5.41) is 10.7. The Morgan fingerprint density at radius 2 is 1.95 bits per heavy atom. The number of nitrogen functional groups attached to an aromatic ring is 1. The fourth-order valence-corrected chi connectivity index (χ4v) is 1.73. The summed E-state index contributed by atoms with van der Waals surface area (Å²) in [4.78, 5) is 10.2. The van der Waals surface area contributed by atoms with E-state index in [2.05, 4.69) is 0 Å². The topological polar surface area (TPSA) is 78.4 Å². The molecule has 0 amide bonds. The SMILES string of the molecule is Nc1ccc(COCc2ccccc2F)cc1[N+](=O)[O-]. The van der Waals surface area contributed by atoms with Gasteiger partial charge in [-0.3, -0.25) is 10.1 Å². The summed E-state index contributed by atoms with van der Waals surface area (Å²) < 4.78 is 18.7. The number of ether oxygens (including phenoxy) is 1. The first-order chi connectivity index (χ1) is 9.58. The van der Waals surface area contributed by atoms with Gasteiger partial charge in [-0.15, -0.1) is 0 Å². The van der Waals surface area contributed by atoms with Gasteiger partial charge >= 0.3 is 0 Å². The highest BCUT2D eigenvalue weighted by molar-refractivity contribution is 5.59. The first kappa shape index (κ1) is 14.0. The van der Waals surface area contributed by atoms with Crippen LogP contribution in [0.25, 0.3) is 0 Å². The number of halogens is 1. The Kier molecular flexibility index (Phi) is 4.27. The molecule has 0 unspecified atom stereocenters. The van der Waals surface area contributed by atoms with Crippen LogP contribution in [0.1, 0.15) is 11.1 Å². The second-order valence-electron chi connectivity index (χ2n) is 4.23. The fraction of sp³-hybridized carbons (Fsp3) is 0.143. The van der Waals surface area contributed by atoms with Crippen molar-refractivity contribution in [1.82, 2.24) is 0 Å². The summed E-state index contributed by atoms with van der Waals surface area (Å²) >= 11 is 0. The quantitative estimate of drug-likeness (QED) is 0.517. The minimum atomic E-state index is -0.546. The van der Waals surface area contributed by atoms with Gasteiger partial charge in [0.1, 0.15) is 11.5 Å². The summed E-state index contributed by atoms with van der Waals surface area (Å²) in [5.74, 6) is -0.337. The zero-order chi connectivity index (χ0) is 14.5. The first-order valence-corrected chi connectivity index (χ1v) is 5.92. The number of nitrogens with zero attached hydrogens (tertiary/aromatic N) is 1. The predicted octanol–water partition coefficient (Wildman–Crippen LogP) is 3.03. The van der Waals surface area contributed by atoms with Crippen molar-refractivity contribution < 1.29 is 14.1 Å². The van der Waals surface area contributed by atoms with Crippen molar-refractivity contribution in [3.8, 4) is 0 Å². The molecule has 0 spiro atoms. The van der Waals surface area contributed by atoms with Crippen LogP contribution in [0, 0.1) is 15.9 Å². The molecule has 6 heteroatoms. The van der Waals surface area contributed by atoms with Crippen LogP contribution in [-0.2, 0) is 18.0 Å². The second-order valence-corrected chi connectivity index (χ2v) is 4.23. The zero-order valence-electron chi connectivity index (χ0n) is 10.6. The van der Waals surface area contributed by atoms with Gasteiger partial charge in [0, 0.05) is 11.6 Å². The number of hydrogen-bond acceptors (Lipinski definition) is 4. The maximum Gasteiger partial charge on any atom is 0.292 e. The van der Waals surface area contributed by atoms with E-state index in [1.807, 2.05) is 0 Å². The predicted molar refractivity (Wildman–Crippen MR) is 72.4 cm³/mol. The van der Waals surface area contributed by atoms with Gasteiger partial charge in [-0.2, -0.15) is 0 Å². The number of nitrogens with two attached hydrogens (primary N) is 1. The van der Waals surface area contributed by atoms with Gasteiger partial charge in [0.15, 0.2) is 0 Å². The highest BCUT2D eigenvalue weighted by Crippen LogP contribution is 2.22. The van der Waals surface area contributed by atoms with E-state index in [4.69, 9.17) is 10.5 Å². The van der Waals surface area contributed by atoms with Crippen LogP contribution in [0.3, 0.4) is 0 Å². The Bertz CT molecular complexity index is 632. The molecule has 0 bridgehead atoms. The van der Waals surface area contributed by atoms with E-state index in [9.17, 15) is 14.5 Å². The highest BCUT2D eigenvalue weighted by atomic mass is 19.1. The van der Waals surface area contributed by atoms with Crippen molar-refractivity contribution >= 4 is 11.4 Å². The van der Waals surface area contributed by atoms with Crippen molar-refractivity contribution in [2.75, 3.05) is 5.73 Å². The van der Waals surface area contributed by atoms with E-state index >= 15 is 0 Å². The average Bonchev–Trinajstić information content (AvgIpc) is 2.42. The minimum absolute atomic E-state index is 0.102. The number of rotatable bonds is 5. The van der Waals surface area contributed by atoms with Gasteiger partial charge in [0.05, 0.1) is 18.1 Å². The normalized spacial score (nSPS) is 10.4. The smallest absolute Gasteiger partial charge is 0.292 e. The maximum atomic E-state index is 13.4. The van der Waals surface area contributed by atoms with Crippen LogP contribution in [0.4, 0.5) is 15.8 Å². The second kappa shape index (κ2) is 6.12. The Labute approximate surface area is 114 Å². The van der Waals surface area contributed by atoms with Crippen molar-refractivity contribution in [2.24, 2.45) is 0 Å². The summed E-state index contributed by atoms with van der Waals surface area (Å²) in [5.41, 5.74) is 6.50. The van der Waals surface area contributed by atoms with E-state index < -0.39 is 4.92 Å². The molecule has 0 radical (unpaired) electrons. The molecule has 0 aliphatic rings. The van der Waals surface area contributed by atoms with Crippen molar-refractivity contribution in [1.29, 1.82) is 0 Å². The largest absolute Gasteiger partial charge is 0.393 e. The monoisotopic (exact) mass is 276 g/mol. The van der Waals surface area contributed by atoms with Crippen molar-refractivity contribution in [3.05, 3.63) is 69.5 Å². The molecule has 0 saturated carbocycles. The lowest BCUT2D eigenvalue weighted by atomic mass is 10.2. The maximum absolute atomic E-state index is 13.4. The molecule has 104 valence electrons.